The largest absolute Gasteiger partial charge is 0.291 e. The number of benzene rings is 2. The topological polar surface area (TPSA) is 29.7 Å². The zero-order valence-corrected chi connectivity index (χ0v) is 14.0. The third-order valence-corrected chi connectivity index (χ3v) is 4.69. The van der Waals surface area contributed by atoms with Crippen LogP contribution >= 0.6 is 11.3 Å². The first kappa shape index (κ1) is 14.8. The van der Waals surface area contributed by atoms with E-state index in [0.717, 1.165) is 34.9 Å². The summed E-state index contributed by atoms with van der Waals surface area (Å²) < 4.78 is 2.11. The van der Waals surface area contributed by atoms with Gasteiger partial charge in [-0.1, -0.05) is 60.7 Å². The lowest BCUT2D eigenvalue weighted by atomic mass is 10.1. The van der Waals surface area contributed by atoms with E-state index in [4.69, 9.17) is 4.98 Å². The second kappa shape index (κ2) is 6.81. The highest BCUT2D eigenvalue weighted by atomic mass is 32.1. The van der Waals surface area contributed by atoms with Crippen LogP contribution in [0.1, 0.15) is 11.3 Å². The summed E-state index contributed by atoms with van der Waals surface area (Å²) in [6, 6.07) is 20.7. The van der Waals surface area contributed by atoms with Crippen LogP contribution in [-0.4, -0.2) is 22.1 Å². The van der Waals surface area contributed by atoms with E-state index in [2.05, 4.69) is 57.4 Å². The van der Waals surface area contributed by atoms with Crippen molar-refractivity contribution in [2.24, 2.45) is 4.99 Å². The maximum atomic E-state index is 4.77. The molecule has 0 saturated heterocycles. The van der Waals surface area contributed by atoms with E-state index in [9.17, 15) is 0 Å². The Bertz CT molecular complexity index is 952. The summed E-state index contributed by atoms with van der Waals surface area (Å²) in [5, 5.41) is 2.05. The Hall–Kier alpha value is -2.72. The van der Waals surface area contributed by atoms with Crippen molar-refractivity contribution in [3.63, 3.8) is 0 Å². The van der Waals surface area contributed by atoms with Gasteiger partial charge in [-0.15, -0.1) is 11.3 Å². The predicted octanol–water partition coefficient (Wildman–Crippen LogP) is 4.72. The second-order valence-electron chi connectivity index (χ2n) is 5.54. The van der Waals surface area contributed by atoms with Gasteiger partial charge in [0, 0.05) is 29.9 Å². The van der Waals surface area contributed by atoms with Gasteiger partial charge in [0.15, 0.2) is 4.96 Å². The monoisotopic (exact) mass is 331 g/mol. The third-order valence-electron chi connectivity index (χ3n) is 3.93. The number of hydrogen-bond donors (Lipinski definition) is 0. The number of imidazole rings is 1. The van der Waals surface area contributed by atoms with Gasteiger partial charge in [0.25, 0.3) is 0 Å². The van der Waals surface area contributed by atoms with Crippen LogP contribution in [0, 0.1) is 0 Å². The number of rotatable bonds is 5. The Balaban J connectivity index is 1.61. The van der Waals surface area contributed by atoms with E-state index in [-0.39, 0.29) is 0 Å². The Morgan fingerprint density at radius 1 is 1.00 bits per heavy atom. The molecule has 118 valence electrons. The highest BCUT2D eigenvalue weighted by molar-refractivity contribution is 7.15. The fourth-order valence-corrected chi connectivity index (χ4v) is 3.45. The molecule has 4 rings (SSSR count). The first-order chi connectivity index (χ1) is 11.9. The smallest absolute Gasteiger partial charge is 0.194 e. The number of aliphatic imine (C=N–C) groups is 1. The highest BCUT2D eigenvalue weighted by Gasteiger charge is 2.12. The molecule has 4 heteroatoms. The molecule has 0 aliphatic carbocycles. The van der Waals surface area contributed by atoms with E-state index in [1.54, 1.807) is 11.3 Å². The van der Waals surface area contributed by atoms with Crippen LogP contribution in [0.2, 0.25) is 0 Å². The zero-order valence-electron chi connectivity index (χ0n) is 13.2. The summed E-state index contributed by atoms with van der Waals surface area (Å²) in [5.74, 6) is 0. The van der Waals surface area contributed by atoms with Crippen molar-refractivity contribution in [2.75, 3.05) is 6.54 Å². The minimum atomic E-state index is 0.773. The molecule has 0 aliphatic heterocycles. The van der Waals surface area contributed by atoms with E-state index >= 15 is 0 Å². The Morgan fingerprint density at radius 3 is 2.54 bits per heavy atom. The number of aromatic nitrogens is 2. The van der Waals surface area contributed by atoms with Crippen molar-refractivity contribution < 1.29 is 0 Å². The van der Waals surface area contributed by atoms with E-state index in [1.165, 1.54) is 5.56 Å². The van der Waals surface area contributed by atoms with Gasteiger partial charge in [-0.25, -0.2) is 4.98 Å². The van der Waals surface area contributed by atoms with E-state index < -0.39 is 0 Å². The molecule has 0 N–H and O–H groups in total. The molecule has 2 heterocycles. The van der Waals surface area contributed by atoms with Gasteiger partial charge in [-0.3, -0.25) is 9.39 Å². The second-order valence-corrected chi connectivity index (χ2v) is 6.41. The van der Waals surface area contributed by atoms with Crippen molar-refractivity contribution >= 4 is 22.5 Å². The molecule has 2 aromatic carbocycles. The number of fused-ring (bicyclic) bond motifs is 1. The lowest BCUT2D eigenvalue weighted by molar-refractivity contribution is 0.972. The van der Waals surface area contributed by atoms with Crippen LogP contribution in [0.15, 0.2) is 77.2 Å². The molecule has 0 unspecified atom stereocenters. The molecule has 0 spiro atoms. The fraction of sp³-hybridized carbons (Fsp3) is 0.100. The Kier molecular flexibility index (Phi) is 4.21. The highest BCUT2D eigenvalue weighted by Crippen LogP contribution is 2.25. The Morgan fingerprint density at radius 2 is 1.75 bits per heavy atom. The fourth-order valence-electron chi connectivity index (χ4n) is 2.72. The normalized spacial score (nSPS) is 11.5. The van der Waals surface area contributed by atoms with E-state index in [1.807, 2.05) is 30.5 Å². The maximum Gasteiger partial charge on any atom is 0.194 e. The summed E-state index contributed by atoms with van der Waals surface area (Å²) >= 11 is 1.64. The molecule has 0 amide bonds. The van der Waals surface area contributed by atoms with Crippen molar-refractivity contribution in [1.29, 1.82) is 0 Å². The summed E-state index contributed by atoms with van der Waals surface area (Å²) in [6.07, 6.45) is 4.96. The van der Waals surface area contributed by atoms with Gasteiger partial charge >= 0.3 is 0 Å². The minimum Gasteiger partial charge on any atom is -0.291 e. The van der Waals surface area contributed by atoms with E-state index in [0.29, 0.717) is 0 Å². The van der Waals surface area contributed by atoms with Gasteiger partial charge in [-0.2, -0.15) is 0 Å². The third kappa shape index (κ3) is 3.01. The number of hydrogen-bond acceptors (Lipinski definition) is 3. The molecule has 0 saturated carbocycles. The zero-order chi connectivity index (χ0) is 16.2. The molecule has 0 radical (unpaired) electrons. The van der Waals surface area contributed by atoms with Crippen LogP contribution in [0.4, 0.5) is 0 Å². The maximum absolute atomic E-state index is 4.77. The van der Waals surface area contributed by atoms with Crippen LogP contribution in [0.3, 0.4) is 0 Å². The number of nitrogens with zero attached hydrogens (tertiary/aromatic N) is 3. The molecule has 4 aromatic rings. The summed E-state index contributed by atoms with van der Waals surface area (Å²) in [5.41, 5.74) is 4.47. The molecule has 24 heavy (non-hydrogen) atoms. The van der Waals surface area contributed by atoms with Crippen LogP contribution in [-0.2, 0) is 6.42 Å². The predicted molar refractivity (Wildman–Crippen MR) is 101 cm³/mol. The van der Waals surface area contributed by atoms with Crippen LogP contribution < -0.4 is 0 Å². The summed E-state index contributed by atoms with van der Waals surface area (Å²) in [4.78, 5) is 10.4. The Labute approximate surface area is 145 Å². The average molecular weight is 331 g/mol. The van der Waals surface area contributed by atoms with Gasteiger partial charge in [-0.05, 0) is 12.0 Å². The van der Waals surface area contributed by atoms with Crippen molar-refractivity contribution in [1.82, 2.24) is 9.38 Å². The van der Waals surface area contributed by atoms with Gasteiger partial charge in [0.1, 0.15) is 0 Å². The quantitative estimate of drug-likeness (QED) is 0.486. The standard InChI is InChI=1S/C20H17N3S/c1-3-7-16(8-4-1)11-12-21-15-18-19(17-9-5-2-6-10-17)22-20-23(18)13-14-24-20/h1-10,13-15H,11-12H2. The van der Waals surface area contributed by atoms with Crippen molar-refractivity contribution in [3.8, 4) is 11.3 Å². The molecule has 2 aromatic heterocycles. The molecular weight excluding hydrogens is 314 g/mol. The molecule has 0 atom stereocenters. The summed E-state index contributed by atoms with van der Waals surface area (Å²) in [7, 11) is 0. The van der Waals surface area contributed by atoms with Gasteiger partial charge < -0.3 is 0 Å². The molecular formula is C20H17N3S. The van der Waals surface area contributed by atoms with Crippen LogP contribution in [0.5, 0.6) is 0 Å². The molecule has 0 aliphatic rings. The average Bonchev–Trinajstić information content (AvgIpc) is 3.22. The lowest BCUT2D eigenvalue weighted by Gasteiger charge is -2.00. The first-order valence-corrected chi connectivity index (χ1v) is 8.84. The lowest BCUT2D eigenvalue weighted by Crippen LogP contribution is -1.94. The molecule has 0 bridgehead atoms. The number of thiazole rings is 1. The molecule has 0 fully saturated rings. The van der Waals surface area contributed by atoms with Crippen LogP contribution in [0.25, 0.3) is 16.2 Å². The van der Waals surface area contributed by atoms with Crippen molar-refractivity contribution in [3.05, 3.63) is 83.5 Å². The van der Waals surface area contributed by atoms with Gasteiger partial charge in [0.2, 0.25) is 0 Å². The molecule has 3 nitrogen and oxygen atoms in total. The van der Waals surface area contributed by atoms with Crippen molar-refractivity contribution in [2.45, 2.75) is 6.42 Å². The minimum absolute atomic E-state index is 0.773. The SMILES string of the molecule is C(=NCCc1ccccc1)c1c(-c2ccccc2)nc2sccn12. The van der Waals surface area contributed by atoms with Gasteiger partial charge in [0.05, 0.1) is 11.4 Å². The first-order valence-electron chi connectivity index (χ1n) is 7.96. The summed E-state index contributed by atoms with van der Waals surface area (Å²) in [6.45, 7) is 0.773.